The number of rotatable bonds is 5. The first-order valence-corrected chi connectivity index (χ1v) is 11.2. The third-order valence-corrected chi connectivity index (χ3v) is 5.28. The molecule has 2 aliphatic rings. The number of allylic oxidation sites excluding steroid dienone is 1. The van der Waals surface area contributed by atoms with E-state index < -0.39 is 5.60 Å². The molecular formula is C23H37FN2O4. The van der Waals surface area contributed by atoms with Gasteiger partial charge in [-0.2, -0.15) is 0 Å². The number of ether oxygens (including phenoxy) is 2. The summed E-state index contributed by atoms with van der Waals surface area (Å²) in [4.78, 5) is 26.6. The molecule has 2 rings (SSSR count). The van der Waals surface area contributed by atoms with Gasteiger partial charge in [-0.05, 0) is 71.8 Å². The van der Waals surface area contributed by atoms with Crippen LogP contribution in [0.3, 0.4) is 0 Å². The average molecular weight is 425 g/mol. The van der Waals surface area contributed by atoms with Gasteiger partial charge >= 0.3 is 6.09 Å². The molecule has 170 valence electrons. The zero-order valence-corrected chi connectivity index (χ0v) is 18.7. The Kier molecular flexibility index (Phi) is 9.86. The number of amides is 2. The molecule has 0 spiro atoms. The number of carbonyl (C=O) groups excluding carboxylic acids is 2. The largest absolute Gasteiger partial charge is 0.444 e. The fourth-order valence-electron chi connectivity index (χ4n) is 3.72. The topological polar surface area (TPSA) is 67.9 Å². The third kappa shape index (κ3) is 8.88. The van der Waals surface area contributed by atoms with Crippen LogP contribution < -0.4 is 5.32 Å². The van der Waals surface area contributed by atoms with E-state index in [2.05, 4.69) is 11.0 Å². The molecule has 0 aromatic rings. The Morgan fingerprint density at radius 3 is 2.67 bits per heavy atom. The van der Waals surface area contributed by atoms with Crippen LogP contribution in [-0.4, -0.2) is 55.0 Å². The molecule has 1 N–H and O–H groups in total. The van der Waals surface area contributed by atoms with Crippen LogP contribution in [-0.2, 0) is 14.3 Å². The van der Waals surface area contributed by atoms with E-state index in [-0.39, 0.29) is 37.1 Å². The molecule has 7 heteroatoms. The van der Waals surface area contributed by atoms with Crippen LogP contribution in [0.2, 0.25) is 0 Å². The van der Waals surface area contributed by atoms with Gasteiger partial charge in [0.15, 0.2) is 0 Å². The molecule has 0 radical (unpaired) electrons. The Bertz CT molecular complexity index is 630. The van der Waals surface area contributed by atoms with Gasteiger partial charge in [-0.15, -0.1) is 5.73 Å². The second-order valence-electron chi connectivity index (χ2n) is 9.06. The summed E-state index contributed by atoms with van der Waals surface area (Å²) in [7, 11) is 0. The first-order chi connectivity index (χ1) is 14.3. The fourth-order valence-corrected chi connectivity index (χ4v) is 3.72. The molecule has 1 saturated carbocycles. The summed E-state index contributed by atoms with van der Waals surface area (Å²) in [5, 5.41) is 3.03. The van der Waals surface area contributed by atoms with Gasteiger partial charge in [-0.1, -0.05) is 0 Å². The maximum atomic E-state index is 12.5. The van der Waals surface area contributed by atoms with Crippen molar-refractivity contribution in [3.8, 4) is 0 Å². The van der Waals surface area contributed by atoms with Gasteiger partial charge in [0.25, 0.3) is 0 Å². The minimum absolute atomic E-state index is 0.109. The lowest BCUT2D eigenvalue weighted by Gasteiger charge is -2.29. The number of halogens is 1. The van der Waals surface area contributed by atoms with Crippen molar-refractivity contribution in [2.45, 2.75) is 83.8 Å². The van der Waals surface area contributed by atoms with Crippen molar-refractivity contribution in [2.75, 3.05) is 26.4 Å². The summed E-state index contributed by atoms with van der Waals surface area (Å²) in [6, 6.07) is 0. The van der Waals surface area contributed by atoms with E-state index in [1.165, 1.54) is 0 Å². The molecule has 1 heterocycles. The van der Waals surface area contributed by atoms with Gasteiger partial charge in [-0.25, -0.2) is 4.79 Å². The lowest BCUT2D eigenvalue weighted by molar-refractivity contribution is -0.120. The Morgan fingerprint density at radius 1 is 1.27 bits per heavy atom. The van der Waals surface area contributed by atoms with Crippen molar-refractivity contribution in [2.24, 2.45) is 5.92 Å². The number of nitrogens with one attached hydrogen (secondary N) is 1. The quantitative estimate of drug-likeness (QED) is 0.521. The molecule has 1 fully saturated rings. The molecule has 6 nitrogen and oxygen atoms in total. The van der Waals surface area contributed by atoms with Gasteiger partial charge in [0.05, 0.1) is 18.5 Å². The van der Waals surface area contributed by atoms with E-state index in [0.29, 0.717) is 26.1 Å². The number of hydrogen-bond donors (Lipinski definition) is 1. The predicted molar refractivity (Wildman–Crippen MR) is 114 cm³/mol. The monoisotopic (exact) mass is 424 g/mol. The van der Waals surface area contributed by atoms with Gasteiger partial charge in [0.1, 0.15) is 5.60 Å². The zero-order chi connectivity index (χ0) is 22.0. The lowest BCUT2D eigenvalue weighted by atomic mass is 9.85. The number of carbonyl (C=O) groups is 2. The average Bonchev–Trinajstić information content (AvgIpc) is 2.72. The summed E-state index contributed by atoms with van der Waals surface area (Å²) >= 11 is 0. The molecule has 1 aliphatic heterocycles. The van der Waals surface area contributed by atoms with Crippen LogP contribution in [0, 0.1) is 5.92 Å². The second-order valence-corrected chi connectivity index (χ2v) is 9.06. The Hall–Kier alpha value is -1.85. The SMILES string of the molecule is CC(C)(C)OC(=O)N1CCCC=C=C(C2CCC(OCCCF)CC2)NC(=O)CC1. The summed E-state index contributed by atoms with van der Waals surface area (Å²) < 4.78 is 23.4. The van der Waals surface area contributed by atoms with Crippen molar-refractivity contribution in [1.29, 1.82) is 0 Å². The Morgan fingerprint density at radius 2 is 2.00 bits per heavy atom. The summed E-state index contributed by atoms with van der Waals surface area (Å²) in [6.07, 6.45) is 7.66. The molecule has 2 amide bonds. The minimum atomic E-state index is -0.561. The van der Waals surface area contributed by atoms with E-state index in [9.17, 15) is 14.0 Å². The highest BCUT2D eigenvalue weighted by molar-refractivity contribution is 5.78. The molecule has 1 aliphatic carbocycles. The highest BCUT2D eigenvalue weighted by atomic mass is 19.1. The number of nitrogens with zero attached hydrogens (tertiary/aromatic N) is 1. The van der Waals surface area contributed by atoms with Crippen LogP contribution in [0.4, 0.5) is 9.18 Å². The summed E-state index contributed by atoms with van der Waals surface area (Å²) in [5.74, 6) is 0.136. The first-order valence-electron chi connectivity index (χ1n) is 11.2. The predicted octanol–water partition coefficient (Wildman–Crippen LogP) is 4.50. The van der Waals surface area contributed by atoms with Gasteiger partial charge < -0.3 is 19.7 Å². The van der Waals surface area contributed by atoms with Crippen molar-refractivity contribution in [1.82, 2.24) is 10.2 Å². The third-order valence-electron chi connectivity index (χ3n) is 5.28. The fraction of sp³-hybridized carbons (Fsp3) is 0.783. The molecular weight excluding hydrogens is 387 g/mol. The highest BCUT2D eigenvalue weighted by Gasteiger charge is 2.26. The van der Waals surface area contributed by atoms with E-state index in [1.54, 1.807) is 4.90 Å². The van der Waals surface area contributed by atoms with Gasteiger partial charge in [-0.3, -0.25) is 9.18 Å². The molecule has 30 heavy (non-hydrogen) atoms. The Balaban J connectivity index is 1.91. The summed E-state index contributed by atoms with van der Waals surface area (Å²) in [5.41, 5.74) is 3.58. The van der Waals surface area contributed by atoms with Crippen LogP contribution >= 0.6 is 0 Å². The molecule has 0 atom stereocenters. The minimum Gasteiger partial charge on any atom is -0.444 e. The van der Waals surface area contributed by atoms with Crippen LogP contribution in [0.1, 0.15) is 72.1 Å². The maximum absolute atomic E-state index is 12.5. The van der Waals surface area contributed by atoms with Gasteiger partial charge in [0.2, 0.25) is 5.91 Å². The molecule has 0 saturated heterocycles. The standard InChI is InChI=1S/C23H37FN2O4/c1-23(2,3)30-22(28)26-15-6-4-5-8-20(25-21(27)13-16-26)18-9-11-19(12-10-18)29-17-7-14-24/h5,18-19H,4,6-7,9-17H2,1-3H3,(H,25,27). The van der Waals surface area contributed by atoms with Crippen LogP contribution in [0.25, 0.3) is 0 Å². The van der Waals surface area contributed by atoms with E-state index in [0.717, 1.165) is 44.2 Å². The highest BCUT2D eigenvalue weighted by Crippen LogP contribution is 2.30. The van der Waals surface area contributed by atoms with Crippen molar-refractivity contribution in [3.05, 3.63) is 17.5 Å². The smallest absolute Gasteiger partial charge is 0.410 e. The van der Waals surface area contributed by atoms with Crippen molar-refractivity contribution < 1.29 is 23.5 Å². The number of hydrogen-bond acceptors (Lipinski definition) is 4. The van der Waals surface area contributed by atoms with Crippen LogP contribution in [0.5, 0.6) is 0 Å². The van der Waals surface area contributed by atoms with Crippen LogP contribution in [0.15, 0.2) is 17.5 Å². The first kappa shape index (κ1) is 24.4. The van der Waals surface area contributed by atoms with Gasteiger partial charge in [0, 0.05) is 32.0 Å². The molecule has 0 unspecified atom stereocenters. The van der Waals surface area contributed by atoms with Crippen molar-refractivity contribution >= 4 is 12.0 Å². The van der Waals surface area contributed by atoms with Crippen molar-refractivity contribution in [3.63, 3.8) is 0 Å². The molecule has 0 aromatic carbocycles. The molecule has 0 aromatic heterocycles. The van der Waals surface area contributed by atoms with E-state index >= 15 is 0 Å². The lowest BCUT2D eigenvalue weighted by Crippen LogP contribution is -2.39. The van der Waals surface area contributed by atoms with E-state index in [4.69, 9.17) is 9.47 Å². The maximum Gasteiger partial charge on any atom is 0.410 e. The zero-order valence-electron chi connectivity index (χ0n) is 18.7. The summed E-state index contributed by atoms with van der Waals surface area (Å²) in [6.45, 7) is 6.53. The van der Waals surface area contributed by atoms with E-state index in [1.807, 2.05) is 26.8 Å². The number of alkyl halides is 1. The second kappa shape index (κ2) is 12.1. The Labute approximate surface area is 179 Å². The normalized spacial score (nSPS) is 23.9. The molecule has 0 bridgehead atoms.